The van der Waals surface area contributed by atoms with Crippen LogP contribution in [0, 0.1) is 5.41 Å². The summed E-state index contributed by atoms with van der Waals surface area (Å²) in [5, 5.41) is 0.330. The summed E-state index contributed by atoms with van der Waals surface area (Å²) in [6.45, 7) is 0.681. The first-order valence-corrected chi connectivity index (χ1v) is 7.57. The van der Waals surface area contributed by atoms with Gasteiger partial charge in [-0.3, -0.25) is 0 Å². The zero-order chi connectivity index (χ0) is 13.3. The van der Waals surface area contributed by atoms with E-state index in [2.05, 4.69) is 12.1 Å². The third kappa shape index (κ3) is 2.36. The smallest absolute Gasteiger partial charge is 0.118 e. The molecule has 0 aliphatic heterocycles. The predicted octanol–water partition coefficient (Wildman–Crippen LogP) is 4.15. The maximum Gasteiger partial charge on any atom is 0.118 e. The van der Waals surface area contributed by atoms with E-state index < -0.39 is 0 Å². The molecule has 3 rings (SSSR count). The van der Waals surface area contributed by atoms with Gasteiger partial charge >= 0.3 is 0 Å². The van der Waals surface area contributed by atoms with Gasteiger partial charge in [0.05, 0.1) is 19.8 Å². The van der Waals surface area contributed by atoms with Gasteiger partial charge in [-0.05, 0) is 37.0 Å². The summed E-state index contributed by atoms with van der Waals surface area (Å²) in [7, 11) is 1.68. The van der Waals surface area contributed by atoms with Crippen LogP contribution in [0.2, 0.25) is 0 Å². The van der Waals surface area contributed by atoms with Gasteiger partial charge in [0.2, 0.25) is 0 Å². The van der Waals surface area contributed by atoms with Crippen LogP contribution in [0.25, 0.3) is 0 Å². The maximum absolute atomic E-state index is 6.43. The molecule has 2 atom stereocenters. The predicted molar refractivity (Wildman–Crippen MR) is 76.7 cm³/mol. The lowest BCUT2D eigenvalue weighted by Crippen LogP contribution is -2.54. The standard InChI is InChI=1S/C16H21ClO2/c1-18-13-6-4-12(5-7-13)11-19-15-10-14(17)16(15)8-2-3-9-16/h4-7,14-15H,2-3,8-11H2,1H3. The number of hydrogen-bond acceptors (Lipinski definition) is 2. The Morgan fingerprint density at radius 3 is 2.47 bits per heavy atom. The van der Waals surface area contributed by atoms with Crippen molar-refractivity contribution < 1.29 is 9.47 Å². The summed E-state index contributed by atoms with van der Waals surface area (Å²) in [5.41, 5.74) is 1.49. The van der Waals surface area contributed by atoms with E-state index in [-0.39, 0.29) is 5.41 Å². The molecule has 2 fully saturated rings. The van der Waals surface area contributed by atoms with Crippen molar-refractivity contribution in [1.82, 2.24) is 0 Å². The summed E-state index contributed by atoms with van der Waals surface area (Å²) >= 11 is 6.43. The number of ether oxygens (including phenoxy) is 2. The van der Waals surface area contributed by atoms with Gasteiger partial charge in [-0.25, -0.2) is 0 Å². The summed E-state index contributed by atoms with van der Waals surface area (Å²) in [6, 6.07) is 8.10. The van der Waals surface area contributed by atoms with Gasteiger partial charge in [0.1, 0.15) is 5.75 Å². The highest BCUT2D eigenvalue weighted by Crippen LogP contribution is 2.57. The summed E-state index contributed by atoms with van der Waals surface area (Å²) in [6.07, 6.45) is 6.48. The van der Waals surface area contributed by atoms with E-state index in [1.54, 1.807) is 7.11 Å². The second kappa shape index (κ2) is 5.34. The minimum atomic E-state index is 0.286. The van der Waals surface area contributed by atoms with E-state index in [1.165, 1.54) is 31.2 Å². The third-order valence-corrected chi connectivity index (χ3v) is 5.44. The Balaban J connectivity index is 1.57. The van der Waals surface area contributed by atoms with Gasteiger partial charge in [-0.2, -0.15) is 0 Å². The van der Waals surface area contributed by atoms with Gasteiger partial charge in [-0.15, -0.1) is 11.6 Å². The highest BCUT2D eigenvalue weighted by Gasteiger charge is 2.55. The molecule has 0 aromatic heterocycles. The quantitative estimate of drug-likeness (QED) is 0.772. The highest BCUT2D eigenvalue weighted by atomic mass is 35.5. The van der Waals surface area contributed by atoms with Crippen molar-refractivity contribution in [2.24, 2.45) is 5.41 Å². The summed E-state index contributed by atoms with van der Waals surface area (Å²) in [4.78, 5) is 0. The monoisotopic (exact) mass is 280 g/mol. The van der Waals surface area contributed by atoms with Gasteiger partial charge in [-0.1, -0.05) is 25.0 Å². The highest BCUT2D eigenvalue weighted by molar-refractivity contribution is 6.21. The van der Waals surface area contributed by atoms with Gasteiger partial charge in [0.15, 0.2) is 0 Å². The second-order valence-corrected chi connectivity index (χ2v) is 6.32. The fourth-order valence-corrected chi connectivity index (χ4v) is 4.04. The van der Waals surface area contributed by atoms with E-state index in [9.17, 15) is 0 Å². The fourth-order valence-electron chi connectivity index (χ4n) is 3.52. The molecular weight excluding hydrogens is 260 g/mol. The molecule has 2 aliphatic carbocycles. The lowest BCUT2D eigenvalue weighted by molar-refractivity contribution is -0.112. The molecule has 0 amide bonds. The van der Waals surface area contributed by atoms with E-state index in [0.29, 0.717) is 18.1 Å². The normalized spacial score (nSPS) is 28.3. The number of alkyl halides is 1. The minimum Gasteiger partial charge on any atom is -0.497 e. The second-order valence-electron chi connectivity index (χ2n) is 5.79. The van der Waals surface area contributed by atoms with E-state index in [1.807, 2.05) is 12.1 Å². The Hall–Kier alpha value is -0.730. The van der Waals surface area contributed by atoms with Crippen LogP contribution >= 0.6 is 11.6 Å². The molecule has 2 unspecified atom stereocenters. The van der Waals surface area contributed by atoms with Crippen LogP contribution in [-0.2, 0) is 11.3 Å². The molecule has 0 saturated heterocycles. The largest absolute Gasteiger partial charge is 0.497 e. The minimum absolute atomic E-state index is 0.286. The summed E-state index contributed by atoms with van der Waals surface area (Å²) in [5.74, 6) is 0.889. The van der Waals surface area contributed by atoms with Crippen molar-refractivity contribution in [3.63, 3.8) is 0 Å². The maximum atomic E-state index is 6.43. The number of methoxy groups -OCH3 is 1. The molecule has 0 bridgehead atoms. The zero-order valence-corrected chi connectivity index (χ0v) is 12.2. The van der Waals surface area contributed by atoms with Crippen LogP contribution in [0.15, 0.2) is 24.3 Å². The fraction of sp³-hybridized carbons (Fsp3) is 0.625. The Morgan fingerprint density at radius 2 is 1.89 bits per heavy atom. The topological polar surface area (TPSA) is 18.5 Å². The van der Waals surface area contributed by atoms with Crippen molar-refractivity contribution in [3.05, 3.63) is 29.8 Å². The van der Waals surface area contributed by atoms with Crippen LogP contribution in [0.3, 0.4) is 0 Å². The first-order chi connectivity index (χ1) is 9.24. The molecule has 1 aromatic carbocycles. The van der Waals surface area contributed by atoms with E-state index in [0.717, 1.165) is 12.2 Å². The molecule has 1 spiro atoms. The molecule has 2 nitrogen and oxygen atoms in total. The van der Waals surface area contributed by atoms with Gasteiger partial charge < -0.3 is 9.47 Å². The average Bonchev–Trinajstić information content (AvgIpc) is 2.96. The molecule has 0 heterocycles. The van der Waals surface area contributed by atoms with Crippen LogP contribution in [0.1, 0.15) is 37.7 Å². The van der Waals surface area contributed by atoms with Crippen LogP contribution in [-0.4, -0.2) is 18.6 Å². The molecule has 0 radical (unpaired) electrons. The molecule has 19 heavy (non-hydrogen) atoms. The van der Waals surface area contributed by atoms with E-state index >= 15 is 0 Å². The lowest BCUT2D eigenvalue weighted by Gasteiger charge is -2.51. The third-order valence-electron chi connectivity index (χ3n) is 4.83. The SMILES string of the molecule is COc1ccc(COC2CC(Cl)C23CCCC3)cc1. The molecule has 2 saturated carbocycles. The Morgan fingerprint density at radius 1 is 1.21 bits per heavy atom. The molecule has 2 aliphatic rings. The lowest BCUT2D eigenvalue weighted by atomic mass is 9.64. The van der Waals surface area contributed by atoms with Gasteiger partial charge in [0, 0.05) is 10.8 Å². The van der Waals surface area contributed by atoms with Crippen molar-refractivity contribution in [2.75, 3.05) is 7.11 Å². The average molecular weight is 281 g/mol. The number of halogens is 1. The van der Waals surface area contributed by atoms with Crippen LogP contribution in [0.5, 0.6) is 5.75 Å². The Kier molecular flexibility index (Phi) is 3.72. The van der Waals surface area contributed by atoms with Crippen LogP contribution < -0.4 is 4.74 Å². The number of benzene rings is 1. The number of hydrogen-bond donors (Lipinski definition) is 0. The van der Waals surface area contributed by atoms with Gasteiger partial charge in [0.25, 0.3) is 0 Å². The van der Waals surface area contributed by atoms with E-state index in [4.69, 9.17) is 21.1 Å². The molecule has 1 aromatic rings. The number of rotatable bonds is 4. The van der Waals surface area contributed by atoms with Crippen LogP contribution in [0.4, 0.5) is 0 Å². The zero-order valence-electron chi connectivity index (χ0n) is 11.4. The van der Waals surface area contributed by atoms with Crippen molar-refractivity contribution in [1.29, 1.82) is 0 Å². The molecule has 3 heteroatoms. The molecular formula is C16H21ClO2. The first kappa shape index (κ1) is 13.3. The molecule has 0 N–H and O–H groups in total. The Labute approximate surface area is 120 Å². The summed E-state index contributed by atoms with van der Waals surface area (Å²) < 4.78 is 11.3. The van der Waals surface area contributed by atoms with Crippen molar-refractivity contribution >= 4 is 11.6 Å². The van der Waals surface area contributed by atoms with Crippen molar-refractivity contribution in [2.45, 2.75) is 50.2 Å². The van der Waals surface area contributed by atoms with Crippen molar-refractivity contribution in [3.8, 4) is 5.75 Å². The molecule has 104 valence electrons. The first-order valence-electron chi connectivity index (χ1n) is 7.13. The Bertz CT molecular complexity index is 423.